The van der Waals surface area contributed by atoms with Gasteiger partial charge in [-0.25, -0.2) is 0 Å². The zero-order chi connectivity index (χ0) is 28.7. The Hall–Kier alpha value is -4.12. The molecule has 0 bridgehead atoms. The van der Waals surface area contributed by atoms with E-state index in [0.29, 0.717) is 41.3 Å². The van der Waals surface area contributed by atoms with E-state index in [-0.39, 0.29) is 24.1 Å². The smallest absolute Gasteiger partial charge is 0.494 e. The van der Waals surface area contributed by atoms with Crippen LogP contribution in [0.4, 0.5) is 13.2 Å². The number of ether oxygens (including phenoxy) is 2. The first-order valence-corrected chi connectivity index (χ1v) is 13.0. The van der Waals surface area contributed by atoms with E-state index in [1.807, 2.05) is 13.8 Å². The van der Waals surface area contributed by atoms with E-state index in [2.05, 4.69) is 25.7 Å². The Balaban J connectivity index is 1.51. The summed E-state index contributed by atoms with van der Waals surface area (Å²) in [5.41, 5.74) is 2.79. The van der Waals surface area contributed by atoms with Gasteiger partial charge in [-0.2, -0.15) is 0 Å². The van der Waals surface area contributed by atoms with Crippen LogP contribution >= 0.6 is 0 Å². The van der Waals surface area contributed by atoms with Gasteiger partial charge in [0.15, 0.2) is 0 Å². The lowest BCUT2D eigenvalue weighted by Crippen LogP contribution is -2.51. The molecule has 0 saturated carbocycles. The molecule has 3 aromatic rings. The molecule has 8 nitrogen and oxygen atoms in total. The first kappa shape index (κ1) is 28.9. The molecule has 40 heavy (non-hydrogen) atoms. The highest BCUT2D eigenvalue weighted by Crippen LogP contribution is 2.27. The van der Waals surface area contributed by atoms with Crippen molar-refractivity contribution in [2.24, 2.45) is 0 Å². The molecule has 2 aromatic carbocycles. The van der Waals surface area contributed by atoms with E-state index in [1.54, 1.807) is 36.4 Å². The van der Waals surface area contributed by atoms with Gasteiger partial charge in [0.2, 0.25) is 5.91 Å². The van der Waals surface area contributed by atoms with Gasteiger partial charge in [0.1, 0.15) is 17.5 Å². The van der Waals surface area contributed by atoms with Crippen LogP contribution in [0.3, 0.4) is 0 Å². The molecule has 3 N–H and O–H groups in total. The van der Waals surface area contributed by atoms with Crippen LogP contribution in [0.5, 0.6) is 11.5 Å². The maximum absolute atomic E-state index is 13.2. The standard InChI is InChI=1S/C29H31F3N4O4/c1-3-39-26-15-21(9-7-18(26)2)27(37)36-25(28(38)35-22-11-12-33-17-22)13-19-8-10-24(34-16-19)20-5-4-6-23(14-20)40-29(30,31)32/h4-10,14-16,22,25,33H,3,11-13,17H2,1-2H3,(H,35,38)(H,36,37)/t22-,25-/m1/s1. The summed E-state index contributed by atoms with van der Waals surface area (Å²) in [4.78, 5) is 30.8. The summed E-state index contributed by atoms with van der Waals surface area (Å²) < 4.78 is 47.4. The van der Waals surface area contributed by atoms with E-state index in [1.165, 1.54) is 24.4 Å². The molecule has 2 amide bonds. The second-order valence-electron chi connectivity index (χ2n) is 9.47. The molecule has 0 spiro atoms. The van der Waals surface area contributed by atoms with Crippen LogP contribution in [0.2, 0.25) is 0 Å². The number of alkyl halides is 3. The van der Waals surface area contributed by atoms with Crippen molar-refractivity contribution < 1.29 is 32.2 Å². The van der Waals surface area contributed by atoms with Crippen molar-refractivity contribution in [2.45, 2.75) is 45.1 Å². The second kappa shape index (κ2) is 12.8. The average molecular weight is 557 g/mol. The number of benzene rings is 2. The summed E-state index contributed by atoms with van der Waals surface area (Å²) in [7, 11) is 0. The Morgan fingerprint density at radius 1 is 1.15 bits per heavy atom. The molecule has 4 rings (SSSR count). The number of hydrogen-bond donors (Lipinski definition) is 3. The van der Waals surface area contributed by atoms with Crippen LogP contribution in [-0.2, 0) is 11.2 Å². The van der Waals surface area contributed by atoms with Gasteiger partial charge < -0.3 is 25.4 Å². The lowest BCUT2D eigenvalue weighted by molar-refractivity contribution is -0.274. The van der Waals surface area contributed by atoms with Gasteiger partial charge >= 0.3 is 6.36 Å². The molecule has 212 valence electrons. The minimum Gasteiger partial charge on any atom is -0.494 e. The molecule has 2 atom stereocenters. The average Bonchev–Trinajstić information content (AvgIpc) is 3.42. The Labute approximate surface area is 230 Å². The first-order valence-electron chi connectivity index (χ1n) is 13.0. The lowest BCUT2D eigenvalue weighted by atomic mass is 10.0. The second-order valence-corrected chi connectivity index (χ2v) is 9.47. The minimum atomic E-state index is -4.80. The van der Waals surface area contributed by atoms with Gasteiger partial charge in [-0.15, -0.1) is 13.2 Å². The Morgan fingerprint density at radius 3 is 2.65 bits per heavy atom. The van der Waals surface area contributed by atoms with E-state index >= 15 is 0 Å². The van der Waals surface area contributed by atoms with Crippen molar-refractivity contribution in [1.29, 1.82) is 0 Å². The van der Waals surface area contributed by atoms with Gasteiger partial charge in [0, 0.05) is 36.3 Å². The SMILES string of the molecule is CCOc1cc(C(=O)N[C@H](Cc2ccc(-c3cccc(OC(F)(F)F)c3)nc2)C(=O)N[C@@H]2CCNC2)ccc1C. The molecule has 2 heterocycles. The van der Waals surface area contributed by atoms with Crippen molar-refractivity contribution >= 4 is 11.8 Å². The molecule has 1 aliphatic heterocycles. The number of carbonyl (C=O) groups excluding carboxylic acids is 2. The minimum absolute atomic E-state index is 0.0393. The van der Waals surface area contributed by atoms with Crippen LogP contribution in [-0.4, -0.2) is 54.9 Å². The number of pyridine rings is 1. The van der Waals surface area contributed by atoms with Crippen molar-refractivity contribution in [2.75, 3.05) is 19.7 Å². The fraction of sp³-hybridized carbons (Fsp3) is 0.345. The zero-order valence-electron chi connectivity index (χ0n) is 22.2. The highest BCUT2D eigenvalue weighted by molar-refractivity contribution is 5.98. The quantitative estimate of drug-likeness (QED) is 0.347. The Bertz CT molecular complexity index is 1330. The lowest BCUT2D eigenvalue weighted by Gasteiger charge is -2.21. The largest absolute Gasteiger partial charge is 0.573 e. The normalized spacial score (nSPS) is 15.8. The molecule has 11 heteroatoms. The molecule has 0 unspecified atom stereocenters. The molecule has 1 saturated heterocycles. The summed E-state index contributed by atoms with van der Waals surface area (Å²) in [5.74, 6) is -0.491. The summed E-state index contributed by atoms with van der Waals surface area (Å²) in [6, 6.07) is 13.1. The van der Waals surface area contributed by atoms with E-state index in [9.17, 15) is 22.8 Å². The van der Waals surface area contributed by atoms with E-state index < -0.39 is 18.3 Å². The van der Waals surface area contributed by atoms with Gasteiger partial charge in [-0.1, -0.05) is 24.3 Å². The predicted molar refractivity (Wildman–Crippen MR) is 143 cm³/mol. The summed E-state index contributed by atoms with van der Waals surface area (Å²) >= 11 is 0. The number of carbonyl (C=O) groups is 2. The molecule has 1 aliphatic rings. The topological polar surface area (TPSA) is 102 Å². The fourth-order valence-electron chi connectivity index (χ4n) is 4.39. The number of aromatic nitrogens is 1. The number of halogens is 3. The monoisotopic (exact) mass is 556 g/mol. The van der Waals surface area contributed by atoms with Crippen LogP contribution < -0.4 is 25.4 Å². The summed E-state index contributed by atoms with van der Waals surface area (Å²) in [6.07, 6.45) is -2.31. The van der Waals surface area contributed by atoms with Crippen molar-refractivity contribution in [3.63, 3.8) is 0 Å². The van der Waals surface area contributed by atoms with Crippen LogP contribution in [0.25, 0.3) is 11.3 Å². The number of hydrogen-bond acceptors (Lipinski definition) is 6. The third-order valence-electron chi connectivity index (χ3n) is 6.41. The maximum Gasteiger partial charge on any atom is 0.573 e. The number of nitrogens with zero attached hydrogens (tertiary/aromatic N) is 1. The number of aryl methyl sites for hydroxylation is 1. The number of amides is 2. The van der Waals surface area contributed by atoms with Crippen LogP contribution in [0.15, 0.2) is 60.8 Å². The summed E-state index contributed by atoms with van der Waals surface area (Å²) in [6.45, 7) is 5.64. The third kappa shape index (κ3) is 7.95. The van der Waals surface area contributed by atoms with Gasteiger partial charge in [0.05, 0.1) is 12.3 Å². The van der Waals surface area contributed by atoms with Crippen molar-refractivity contribution in [3.05, 3.63) is 77.5 Å². The number of nitrogens with one attached hydrogen (secondary N) is 3. The van der Waals surface area contributed by atoms with Gasteiger partial charge in [-0.3, -0.25) is 14.6 Å². The van der Waals surface area contributed by atoms with E-state index in [0.717, 1.165) is 18.5 Å². The molecule has 1 fully saturated rings. The van der Waals surface area contributed by atoms with E-state index in [4.69, 9.17) is 4.74 Å². The Morgan fingerprint density at radius 2 is 1.98 bits per heavy atom. The molecule has 1 aromatic heterocycles. The van der Waals surface area contributed by atoms with Crippen molar-refractivity contribution in [1.82, 2.24) is 20.9 Å². The highest BCUT2D eigenvalue weighted by atomic mass is 19.4. The first-order chi connectivity index (χ1) is 19.1. The Kier molecular flexibility index (Phi) is 9.26. The zero-order valence-corrected chi connectivity index (χ0v) is 22.2. The summed E-state index contributed by atoms with van der Waals surface area (Å²) in [5, 5.41) is 9.03. The molecular weight excluding hydrogens is 525 g/mol. The molecular formula is C29H31F3N4O4. The van der Waals surface area contributed by atoms with Crippen LogP contribution in [0.1, 0.15) is 34.8 Å². The van der Waals surface area contributed by atoms with Crippen molar-refractivity contribution in [3.8, 4) is 22.8 Å². The van der Waals surface area contributed by atoms with Gasteiger partial charge in [-0.05, 0) is 68.3 Å². The maximum atomic E-state index is 13.2. The number of rotatable bonds is 10. The molecule has 0 aliphatic carbocycles. The van der Waals surface area contributed by atoms with Crippen LogP contribution in [0, 0.1) is 6.92 Å². The predicted octanol–water partition coefficient (Wildman–Crippen LogP) is 4.17. The fourth-order valence-corrected chi connectivity index (χ4v) is 4.39. The molecule has 0 radical (unpaired) electrons. The third-order valence-corrected chi connectivity index (χ3v) is 6.41. The highest BCUT2D eigenvalue weighted by Gasteiger charge is 2.31. The van der Waals surface area contributed by atoms with Gasteiger partial charge in [0.25, 0.3) is 5.91 Å².